The van der Waals surface area contributed by atoms with Gasteiger partial charge >= 0.3 is 0 Å². The molecule has 0 amide bonds. The third kappa shape index (κ3) is 6.27. The Balaban J connectivity index is 2.20. The van der Waals surface area contributed by atoms with Crippen LogP contribution in [0.15, 0.2) is 47.6 Å². The summed E-state index contributed by atoms with van der Waals surface area (Å²) in [5.74, 6) is 0.367. The zero-order chi connectivity index (χ0) is 20.5. The van der Waals surface area contributed by atoms with Crippen molar-refractivity contribution in [2.24, 2.45) is 10.7 Å². The monoisotopic (exact) mass is 450 g/mol. The zero-order valence-electron chi connectivity index (χ0n) is 14.9. The molecule has 146 valence electrons. The number of hydrogen-bond donors (Lipinski definition) is 3. The van der Waals surface area contributed by atoms with Crippen molar-refractivity contribution in [2.45, 2.75) is 6.92 Å². The second-order valence-electron chi connectivity index (χ2n) is 5.17. The number of H-pyrrole nitrogens is 1. The lowest BCUT2D eigenvalue weighted by Gasteiger charge is -2.34. The van der Waals surface area contributed by atoms with Gasteiger partial charge in [-0.25, -0.2) is 15.1 Å². The van der Waals surface area contributed by atoms with Gasteiger partial charge in [0.05, 0.1) is 6.54 Å². The molecule has 0 unspecified atom stereocenters. The lowest BCUT2D eigenvalue weighted by atomic mass is 10.3. The van der Waals surface area contributed by atoms with E-state index in [1.165, 1.54) is 16.3 Å². The number of nitrogens with one attached hydrogen (secondary N) is 2. The SMILES string of the molecule is C=CCN(C(=S)Nc1ncn[nH]1)N(C(N)=S)C(=S)N=C(C)/C=C/c1cccs1. The van der Waals surface area contributed by atoms with Crippen molar-refractivity contribution in [1.29, 1.82) is 0 Å². The maximum Gasteiger partial charge on any atom is 0.224 e. The summed E-state index contributed by atoms with van der Waals surface area (Å²) in [6.07, 6.45) is 6.80. The fourth-order valence-electron chi connectivity index (χ4n) is 1.95. The van der Waals surface area contributed by atoms with E-state index in [1.54, 1.807) is 17.4 Å². The molecule has 4 N–H and O–H groups in total. The van der Waals surface area contributed by atoms with Crippen LogP contribution in [0.1, 0.15) is 11.8 Å². The Morgan fingerprint density at radius 2 is 2.25 bits per heavy atom. The molecule has 0 aliphatic heterocycles. The largest absolute Gasteiger partial charge is 0.374 e. The number of allylic oxidation sites excluding steroid dienone is 1. The van der Waals surface area contributed by atoms with Gasteiger partial charge in [-0.2, -0.15) is 15.1 Å². The van der Waals surface area contributed by atoms with Crippen molar-refractivity contribution in [2.75, 3.05) is 11.9 Å². The van der Waals surface area contributed by atoms with Crippen LogP contribution >= 0.6 is 48.0 Å². The summed E-state index contributed by atoms with van der Waals surface area (Å²) in [4.78, 5) is 9.49. The molecule has 0 aromatic carbocycles. The van der Waals surface area contributed by atoms with Crippen LogP contribution in [0, 0.1) is 0 Å². The van der Waals surface area contributed by atoms with Crippen LogP contribution in [0.2, 0.25) is 0 Å². The highest BCUT2D eigenvalue weighted by Crippen LogP contribution is 2.11. The molecule has 0 aliphatic carbocycles. The van der Waals surface area contributed by atoms with Gasteiger partial charge in [0.2, 0.25) is 11.1 Å². The molecule has 0 bridgehead atoms. The van der Waals surface area contributed by atoms with Crippen molar-refractivity contribution in [3.63, 3.8) is 0 Å². The Bertz CT molecular complexity index is 886. The van der Waals surface area contributed by atoms with E-state index in [0.717, 1.165) is 4.88 Å². The van der Waals surface area contributed by atoms with E-state index in [-0.39, 0.29) is 21.9 Å². The standard InChI is InChI=1S/C16H18N8S4/c1-3-8-23(15(26)21-14-18-10-19-22-14)24(13(17)25)16(27)20-11(2)6-7-12-5-4-9-28-12/h3-7,9-10H,1,8H2,2H3,(H2,17,25)(H2,18,19,21,22,26)/b7-6+,20-11?. The lowest BCUT2D eigenvalue weighted by Crippen LogP contribution is -2.55. The average Bonchev–Trinajstić information content (AvgIpc) is 3.33. The molecule has 0 atom stereocenters. The lowest BCUT2D eigenvalue weighted by molar-refractivity contribution is 0.250. The third-order valence-electron chi connectivity index (χ3n) is 3.11. The molecule has 8 nitrogen and oxygen atoms in total. The van der Waals surface area contributed by atoms with Crippen LogP contribution in [0.3, 0.4) is 0 Å². The van der Waals surface area contributed by atoms with Crippen LogP contribution in [0.25, 0.3) is 6.08 Å². The predicted octanol–water partition coefficient (Wildman–Crippen LogP) is 2.97. The van der Waals surface area contributed by atoms with E-state index >= 15 is 0 Å². The summed E-state index contributed by atoms with van der Waals surface area (Å²) in [5, 5.41) is 14.6. The first-order valence-electron chi connectivity index (χ1n) is 7.87. The molecule has 0 fully saturated rings. The number of anilines is 1. The zero-order valence-corrected chi connectivity index (χ0v) is 18.2. The highest BCUT2D eigenvalue weighted by Gasteiger charge is 2.23. The molecule has 0 saturated carbocycles. The fraction of sp³-hybridized carbons (Fsp3) is 0.125. The minimum atomic E-state index is -0.00708. The van der Waals surface area contributed by atoms with Gasteiger partial charge in [0, 0.05) is 10.6 Å². The van der Waals surface area contributed by atoms with E-state index in [1.807, 2.05) is 36.6 Å². The highest BCUT2D eigenvalue weighted by atomic mass is 32.1. The van der Waals surface area contributed by atoms with Gasteiger partial charge in [0.25, 0.3) is 0 Å². The molecule has 0 saturated heterocycles. The Morgan fingerprint density at radius 1 is 1.46 bits per heavy atom. The minimum absolute atomic E-state index is 0.00708. The average molecular weight is 451 g/mol. The molecule has 28 heavy (non-hydrogen) atoms. The molecule has 12 heteroatoms. The van der Waals surface area contributed by atoms with Crippen molar-refractivity contribution < 1.29 is 0 Å². The first-order valence-corrected chi connectivity index (χ1v) is 9.98. The van der Waals surface area contributed by atoms with Crippen LogP contribution < -0.4 is 11.1 Å². The Morgan fingerprint density at radius 3 is 2.82 bits per heavy atom. The van der Waals surface area contributed by atoms with Gasteiger partial charge in [-0.3, -0.25) is 0 Å². The molecular formula is C16H18N8S4. The number of nitrogens with two attached hydrogens (primary N) is 1. The second kappa shape index (κ2) is 10.7. The van der Waals surface area contributed by atoms with E-state index in [2.05, 4.69) is 32.1 Å². The number of aliphatic imine (C=N–C) groups is 1. The van der Waals surface area contributed by atoms with E-state index in [0.29, 0.717) is 11.7 Å². The summed E-state index contributed by atoms with van der Waals surface area (Å²) >= 11 is 17.7. The van der Waals surface area contributed by atoms with Gasteiger partial charge in [0.15, 0.2) is 10.2 Å². The number of rotatable bonds is 5. The second-order valence-corrected chi connectivity index (χ2v) is 7.32. The topological polar surface area (TPSA) is 98.5 Å². The summed E-state index contributed by atoms with van der Waals surface area (Å²) in [5.41, 5.74) is 6.58. The summed E-state index contributed by atoms with van der Waals surface area (Å²) in [6, 6.07) is 3.99. The number of thiocarbonyl (C=S) groups is 3. The van der Waals surface area contributed by atoms with Crippen LogP contribution in [0.4, 0.5) is 5.95 Å². The van der Waals surface area contributed by atoms with Crippen LogP contribution in [0.5, 0.6) is 0 Å². The molecule has 2 heterocycles. The minimum Gasteiger partial charge on any atom is -0.374 e. The van der Waals surface area contributed by atoms with Crippen molar-refractivity contribution in [1.82, 2.24) is 25.2 Å². The highest BCUT2D eigenvalue weighted by molar-refractivity contribution is 7.82. The Hall–Kier alpha value is -2.54. The quantitative estimate of drug-likeness (QED) is 0.275. The van der Waals surface area contributed by atoms with Gasteiger partial charge < -0.3 is 11.1 Å². The van der Waals surface area contributed by atoms with Gasteiger partial charge in [0.1, 0.15) is 6.33 Å². The molecule has 0 spiro atoms. The van der Waals surface area contributed by atoms with Crippen molar-refractivity contribution in [3.8, 4) is 0 Å². The summed E-state index contributed by atoms with van der Waals surface area (Å²) in [7, 11) is 0. The molecule has 2 rings (SSSR count). The normalized spacial score (nSPS) is 11.2. The van der Waals surface area contributed by atoms with Crippen LogP contribution in [-0.4, -0.2) is 52.8 Å². The maximum absolute atomic E-state index is 5.89. The fourth-order valence-corrected chi connectivity index (χ4v) is 3.40. The third-order valence-corrected chi connectivity index (χ3v) is 4.70. The number of aromatic nitrogens is 3. The van der Waals surface area contributed by atoms with Gasteiger partial charge in [-0.05, 0) is 67.2 Å². The van der Waals surface area contributed by atoms with E-state index in [9.17, 15) is 0 Å². The molecule has 2 aromatic rings. The Labute approximate surface area is 182 Å². The first-order chi connectivity index (χ1) is 13.4. The van der Waals surface area contributed by atoms with Gasteiger partial charge in [-0.15, -0.1) is 17.9 Å². The maximum atomic E-state index is 5.89. The van der Waals surface area contributed by atoms with Gasteiger partial charge in [-0.1, -0.05) is 12.1 Å². The van der Waals surface area contributed by atoms with E-state index in [4.69, 9.17) is 42.4 Å². The number of aromatic amines is 1. The molecule has 0 radical (unpaired) electrons. The predicted molar refractivity (Wildman–Crippen MR) is 127 cm³/mol. The Kier molecular flexibility index (Phi) is 8.32. The van der Waals surface area contributed by atoms with Crippen molar-refractivity contribution >= 4 is 81.1 Å². The first kappa shape index (κ1) is 21.8. The summed E-state index contributed by atoms with van der Waals surface area (Å²) < 4.78 is 0. The molecule has 0 aliphatic rings. The smallest absolute Gasteiger partial charge is 0.224 e. The molecule has 2 aromatic heterocycles. The number of hydrogen-bond acceptors (Lipinski definition) is 6. The number of hydrazine groups is 1. The summed E-state index contributed by atoms with van der Waals surface area (Å²) in [6.45, 7) is 5.85. The van der Waals surface area contributed by atoms with Crippen molar-refractivity contribution in [3.05, 3.63) is 47.4 Å². The van der Waals surface area contributed by atoms with Crippen LogP contribution in [-0.2, 0) is 0 Å². The number of nitrogens with zero attached hydrogens (tertiary/aromatic N) is 5. The molecular weight excluding hydrogens is 433 g/mol. The van der Waals surface area contributed by atoms with E-state index < -0.39 is 0 Å². The number of thiophene rings is 1.